The van der Waals surface area contributed by atoms with E-state index in [0.717, 1.165) is 5.56 Å². The molecule has 0 aliphatic carbocycles. The van der Waals surface area contributed by atoms with E-state index in [1.54, 1.807) is 30.3 Å². The van der Waals surface area contributed by atoms with Crippen LogP contribution >= 0.6 is 0 Å². The van der Waals surface area contributed by atoms with E-state index in [1.165, 1.54) is 27.7 Å². The van der Waals surface area contributed by atoms with E-state index in [9.17, 15) is 29.4 Å². The molecule has 0 saturated carbocycles. The number of amides is 3. The van der Waals surface area contributed by atoms with Gasteiger partial charge in [0.1, 0.15) is 12.1 Å². The molecule has 0 heterocycles. The zero-order chi connectivity index (χ0) is 23.1. The third-order valence-electron chi connectivity index (χ3n) is 4.29. The van der Waals surface area contributed by atoms with Gasteiger partial charge in [-0.25, -0.2) is 4.79 Å². The molecular weight excluding hydrogens is 392 g/mol. The van der Waals surface area contributed by atoms with Gasteiger partial charge in [0.05, 0.1) is 11.6 Å². The average molecular weight is 422 g/mol. The molecule has 166 valence electrons. The Hall–Kier alpha value is -2.98. The van der Waals surface area contributed by atoms with Crippen molar-refractivity contribution in [1.29, 1.82) is 0 Å². The van der Waals surface area contributed by atoms with Crippen LogP contribution in [0, 0.1) is 0 Å². The number of hydrogen-bond donors (Lipinski definition) is 6. The van der Waals surface area contributed by atoms with E-state index < -0.39 is 53.5 Å². The van der Waals surface area contributed by atoms with E-state index in [1.807, 2.05) is 0 Å². The Balaban J connectivity index is 2.97. The number of nitrogens with one attached hydrogen (secondary N) is 3. The first-order valence-electron chi connectivity index (χ1n) is 9.48. The molecule has 0 bridgehead atoms. The van der Waals surface area contributed by atoms with E-state index in [2.05, 4.69) is 16.0 Å². The molecule has 1 aromatic carbocycles. The van der Waals surface area contributed by atoms with Crippen LogP contribution in [0.2, 0.25) is 0 Å². The Kier molecular flexibility index (Phi) is 8.94. The second kappa shape index (κ2) is 10.7. The lowest BCUT2D eigenvalue weighted by Gasteiger charge is -2.25. The molecule has 0 radical (unpaired) electrons. The van der Waals surface area contributed by atoms with E-state index >= 15 is 0 Å². The predicted molar refractivity (Wildman–Crippen MR) is 109 cm³/mol. The van der Waals surface area contributed by atoms with Gasteiger partial charge in [0.25, 0.3) is 0 Å². The number of hydrogen-bond acceptors (Lipinski definition) is 6. The Bertz CT molecular complexity index is 760. The second-order valence-corrected chi connectivity index (χ2v) is 7.73. The first kappa shape index (κ1) is 25.1. The fourth-order valence-electron chi connectivity index (χ4n) is 2.45. The average Bonchev–Trinajstić information content (AvgIpc) is 2.64. The fraction of sp³-hybridized carbons (Fsp3) is 0.500. The number of carbonyl (C=O) groups excluding carboxylic acids is 3. The van der Waals surface area contributed by atoms with Gasteiger partial charge in [0.2, 0.25) is 17.7 Å². The first-order valence-corrected chi connectivity index (χ1v) is 9.48. The van der Waals surface area contributed by atoms with Crippen LogP contribution in [0.5, 0.6) is 0 Å². The summed E-state index contributed by atoms with van der Waals surface area (Å²) in [5, 5.41) is 26.0. The van der Waals surface area contributed by atoms with Crippen molar-refractivity contribution in [3.63, 3.8) is 0 Å². The summed E-state index contributed by atoms with van der Waals surface area (Å²) in [5.74, 6) is -3.38. The van der Waals surface area contributed by atoms with E-state index in [4.69, 9.17) is 5.73 Å². The maximum Gasteiger partial charge on any atom is 0.328 e. The minimum atomic E-state index is -1.54. The third kappa shape index (κ3) is 7.80. The Morgan fingerprint density at radius 1 is 1.00 bits per heavy atom. The van der Waals surface area contributed by atoms with Crippen LogP contribution in [0.15, 0.2) is 30.3 Å². The highest BCUT2D eigenvalue weighted by Crippen LogP contribution is 2.06. The zero-order valence-electron chi connectivity index (χ0n) is 17.5. The highest BCUT2D eigenvalue weighted by molar-refractivity contribution is 5.94. The number of carbonyl (C=O) groups is 4. The summed E-state index contributed by atoms with van der Waals surface area (Å²) in [7, 11) is 0. The monoisotopic (exact) mass is 422 g/mol. The SMILES string of the molecule is C[C@H](NC(=O)C(C)(C)N)C(=O)N[C@@H](Cc1ccccc1)C(=O)N[C@H](C(=O)O)[C@@H](C)O. The molecule has 0 aliphatic rings. The highest BCUT2D eigenvalue weighted by Gasteiger charge is 2.31. The summed E-state index contributed by atoms with van der Waals surface area (Å²) in [6, 6.07) is 5.14. The molecule has 0 aliphatic heterocycles. The topological polar surface area (TPSA) is 171 Å². The maximum atomic E-state index is 12.7. The maximum absolute atomic E-state index is 12.7. The standard InChI is InChI=1S/C20H30N4O6/c1-11(22-19(30)20(3,4)21)16(26)23-14(10-13-8-6-5-7-9-13)17(27)24-15(12(2)25)18(28)29/h5-9,11-12,14-15,25H,10,21H2,1-4H3,(H,22,30)(H,23,26)(H,24,27)(H,28,29)/t11-,12+,14-,15-/m0/s1. The van der Waals surface area contributed by atoms with Crippen LogP contribution in [-0.2, 0) is 25.6 Å². The van der Waals surface area contributed by atoms with Gasteiger partial charge in [0.15, 0.2) is 6.04 Å². The molecule has 0 saturated heterocycles. The quantitative estimate of drug-likeness (QED) is 0.278. The molecule has 4 atom stereocenters. The van der Waals surface area contributed by atoms with Gasteiger partial charge < -0.3 is 31.9 Å². The highest BCUT2D eigenvalue weighted by atomic mass is 16.4. The summed E-state index contributed by atoms with van der Waals surface area (Å²) in [6.07, 6.45) is -1.27. The minimum absolute atomic E-state index is 0.0770. The van der Waals surface area contributed by atoms with Crippen LogP contribution in [0.3, 0.4) is 0 Å². The van der Waals surface area contributed by atoms with Crippen LogP contribution in [0.4, 0.5) is 0 Å². The summed E-state index contributed by atoms with van der Waals surface area (Å²) in [5.41, 5.74) is 5.23. The molecule has 1 aromatic rings. The van der Waals surface area contributed by atoms with Gasteiger partial charge >= 0.3 is 5.97 Å². The van der Waals surface area contributed by atoms with Gasteiger partial charge in [-0.1, -0.05) is 30.3 Å². The predicted octanol–water partition coefficient (Wildman–Crippen LogP) is -1.09. The van der Waals surface area contributed by atoms with Crippen molar-refractivity contribution in [1.82, 2.24) is 16.0 Å². The van der Waals surface area contributed by atoms with E-state index in [0.29, 0.717) is 0 Å². The zero-order valence-corrected chi connectivity index (χ0v) is 17.5. The number of carboxylic acid groups (broad SMARTS) is 1. The third-order valence-corrected chi connectivity index (χ3v) is 4.29. The lowest BCUT2D eigenvalue weighted by Crippen LogP contribution is -2.59. The molecule has 7 N–H and O–H groups in total. The van der Waals surface area contributed by atoms with Crippen molar-refractivity contribution >= 4 is 23.7 Å². The van der Waals surface area contributed by atoms with Crippen molar-refractivity contribution in [2.45, 2.75) is 63.9 Å². The van der Waals surface area contributed by atoms with Crippen molar-refractivity contribution in [2.75, 3.05) is 0 Å². The van der Waals surface area contributed by atoms with Crippen LogP contribution in [0.25, 0.3) is 0 Å². The number of benzene rings is 1. The van der Waals surface area contributed by atoms with Crippen LogP contribution < -0.4 is 21.7 Å². The molecule has 10 nitrogen and oxygen atoms in total. The molecule has 0 unspecified atom stereocenters. The lowest BCUT2D eigenvalue weighted by molar-refractivity contribution is -0.145. The Morgan fingerprint density at radius 3 is 2.03 bits per heavy atom. The molecular formula is C20H30N4O6. The van der Waals surface area contributed by atoms with E-state index in [-0.39, 0.29) is 6.42 Å². The molecule has 1 rings (SSSR count). The molecule has 30 heavy (non-hydrogen) atoms. The molecule has 0 fully saturated rings. The number of nitrogens with two attached hydrogens (primary N) is 1. The number of aliphatic hydroxyl groups excluding tert-OH is 1. The number of aliphatic carboxylic acids is 1. The Labute approximate surface area is 175 Å². The van der Waals surface area contributed by atoms with Gasteiger partial charge in [0, 0.05) is 6.42 Å². The second-order valence-electron chi connectivity index (χ2n) is 7.73. The molecule has 3 amide bonds. The summed E-state index contributed by atoms with van der Waals surface area (Å²) in [4.78, 5) is 48.5. The van der Waals surface area contributed by atoms with Gasteiger partial charge in [-0.2, -0.15) is 0 Å². The van der Waals surface area contributed by atoms with Crippen LogP contribution in [0.1, 0.15) is 33.3 Å². The minimum Gasteiger partial charge on any atom is -0.480 e. The molecule has 10 heteroatoms. The number of aliphatic hydroxyl groups is 1. The summed E-state index contributed by atoms with van der Waals surface area (Å²) < 4.78 is 0. The number of rotatable bonds is 10. The Morgan fingerprint density at radius 2 is 1.57 bits per heavy atom. The van der Waals surface area contributed by atoms with Crippen molar-refractivity contribution < 1.29 is 29.4 Å². The normalized spacial score (nSPS) is 15.3. The first-order chi connectivity index (χ1) is 13.8. The summed E-state index contributed by atoms with van der Waals surface area (Å²) in [6.45, 7) is 5.64. The van der Waals surface area contributed by atoms with Gasteiger partial charge in [-0.15, -0.1) is 0 Å². The lowest BCUT2D eigenvalue weighted by atomic mass is 10.0. The molecule has 0 aromatic heterocycles. The summed E-state index contributed by atoms with van der Waals surface area (Å²) >= 11 is 0. The van der Waals surface area contributed by atoms with Crippen LogP contribution in [-0.4, -0.2) is 63.7 Å². The largest absolute Gasteiger partial charge is 0.480 e. The van der Waals surface area contributed by atoms with Crippen molar-refractivity contribution in [3.8, 4) is 0 Å². The van der Waals surface area contributed by atoms with Gasteiger partial charge in [-0.3, -0.25) is 14.4 Å². The van der Waals surface area contributed by atoms with Crippen molar-refractivity contribution in [2.24, 2.45) is 5.73 Å². The van der Waals surface area contributed by atoms with Crippen molar-refractivity contribution in [3.05, 3.63) is 35.9 Å². The smallest absolute Gasteiger partial charge is 0.328 e. The molecule has 0 spiro atoms. The van der Waals surface area contributed by atoms with Gasteiger partial charge in [-0.05, 0) is 33.3 Å². The number of carboxylic acids is 1. The fourth-order valence-corrected chi connectivity index (χ4v) is 2.45.